The Hall–Kier alpha value is -0.945. The van der Waals surface area contributed by atoms with E-state index in [1.165, 1.54) is 35.6 Å². The number of nitrogens with zero attached hydrogens (tertiary/aromatic N) is 2. The highest BCUT2D eigenvalue weighted by Crippen LogP contribution is 2.37. The highest BCUT2D eigenvalue weighted by Gasteiger charge is 2.48. The Labute approximate surface area is 174 Å². The van der Waals surface area contributed by atoms with E-state index < -0.39 is 0 Å². The number of para-hydroxylation sites is 1. The van der Waals surface area contributed by atoms with Crippen LogP contribution in [0.4, 0.5) is 0 Å². The summed E-state index contributed by atoms with van der Waals surface area (Å²) in [5, 5.41) is 1.31. The highest BCUT2D eigenvalue weighted by atomic mass is 32.1. The second-order valence-corrected chi connectivity index (χ2v) is 10.8. The Kier molecular flexibility index (Phi) is 6.26. The molecule has 0 atom stereocenters. The van der Waals surface area contributed by atoms with Crippen molar-refractivity contribution in [1.82, 2.24) is 9.88 Å². The van der Waals surface area contributed by atoms with Crippen molar-refractivity contribution in [1.29, 1.82) is 0 Å². The molecule has 2 aliphatic heterocycles. The molecule has 154 valence electrons. The third kappa shape index (κ3) is 4.96. The Balaban J connectivity index is 0.000000192. The predicted molar refractivity (Wildman–Crippen MR) is 120 cm³/mol. The first-order valence-electron chi connectivity index (χ1n) is 10.4. The molecule has 2 fully saturated rings. The summed E-state index contributed by atoms with van der Waals surface area (Å²) in [6.07, 6.45) is 3.72. The smallest absolute Gasteiger partial charge is 0.403 e. The third-order valence-corrected chi connectivity index (χ3v) is 7.52. The van der Waals surface area contributed by atoms with E-state index in [9.17, 15) is 0 Å². The van der Waals surface area contributed by atoms with Gasteiger partial charge in [-0.2, -0.15) is 0 Å². The molecule has 2 saturated heterocycles. The van der Waals surface area contributed by atoms with E-state index in [0.717, 1.165) is 11.9 Å². The Morgan fingerprint density at radius 2 is 1.61 bits per heavy atom. The zero-order valence-corrected chi connectivity index (χ0v) is 19.4. The van der Waals surface area contributed by atoms with Crippen LogP contribution < -0.4 is 0 Å². The number of rotatable bonds is 2. The van der Waals surface area contributed by atoms with Crippen molar-refractivity contribution in [2.45, 2.75) is 71.9 Å². The van der Waals surface area contributed by atoms with Gasteiger partial charge in [0.15, 0.2) is 0 Å². The average molecular weight is 402 g/mol. The Morgan fingerprint density at radius 3 is 2.11 bits per heavy atom. The second-order valence-electron chi connectivity index (χ2n) is 9.69. The topological polar surface area (TPSA) is 34.6 Å². The molecular weight excluding hydrogens is 367 g/mol. The van der Waals surface area contributed by atoms with Gasteiger partial charge in [0.1, 0.15) is 0 Å². The fourth-order valence-electron chi connectivity index (χ4n) is 3.83. The normalized spacial score (nSPS) is 23.5. The van der Waals surface area contributed by atoms with E-state index in [-0.39, 0.29) is 18.3 Å². The van der Waals surface area contributed by atoms with E-state index in [0.29, 0.717) is 5.41 Å². The van der Waals surface area contributed by atoms with Gasteiger partial charge in [-0.1, -0.05) is 19.1 Å². The first-order chi connectivity index (χ1) is 13.0. The summed E-state index contributed by atoms with van der Waals surface area (Å²) in [6, 6.07) is 8.46. The molecule has 6 heteroatoms. The van der Waals surface area contributed by atoms with Crippen LogP contribution in [0.1, 0.15) is 52.5 Å². The fraction of sp³-hybridized carbons (Fsp3) is 0.682. The number of piperidine rings is 1. The van der Waals surface area contributed by atoms with E-state index in [2.05, 4.69) is 70.8 Å². The first-order valence-corrected chi connectivity index (χ1v) is 11.2. The molecule has 0 spiro atoms. The lowest BCUT2D eigenvalue weighted by molar-refractivity contribution is 0.00578. The van der Waals surface area contributed by atoms with Crippen molar-refractivity contribution in [3.8, 4) is 0 Å². The van der Waals surface area contributed by atoms with Crippen molar-refractivity contribution >= 4 is 28.7 Å². The molecular formula is C22H35BN2O2S. The highest BCUT2D eigenvalue weighted by molar-refractivity contribution is 7.18. The molecule has 0 aliphatic carbocycles. The summed E-state index contributed by atoms with van der Waals surface area (Å²) in [4.78, 5) is 7.21. The van der Waals surface area contributed by atoms with Gasteiger partial charge in [-0.05, 0) is 85.0 Å². The molecule has 0 radical (unpaired) electrons. The standard InChI is InChI=1S/C15H20N2S.C7H15BO2/c1-15(7-9-17(2)10-8-15)11-14-16-12-5-3-4-6-13(12)18-14;1-6(2)7(3,4)10-8(5)9-6/h3-6H,7-11H2,1-2H3;1-5H3. The van der Waals surface area contributed by atoms with Crippen LogP contribution in [0.2, 0.25) is 6.82 Å². The predicted octanol–water partition coefficient (Wildman–Crippen LogP) is 5.28. The second kappa shape index (κ2) is 8.06. The number of benzene rings is 1. The summed E-state index contributed by atoms with van der Waals surface area (Å²) >= 11 is 1.87. The summed E-state index contributed by atoms with van der Waals surface area (Å²) in [5.74, 6) is 0. The van der Waals surface area contributed by atoms with Crippen LogP contribution in [0.25, 0.3) is 10.2 Å². The molecule has 0 bridgehead atoms. The number of hydrogen-bond donors (Lipinski definition) is 0. The molecule has 0 unspecified atom stereocenters. The van der Waals surface area contributed by atoms with Crippen LogP contribution in [0.3, 0.4) is 0 Å². The lowest BCUT2D eigenvalue weighted by Crippen LogP contribution is -2.41. The third-order valence-electron chi connectivity index (χ3n) is 6.48. The lowest BCUT2D eigenvalue weighted by atomic mass is 9.78. The van der Waals surface area contributed by atoms with E-state index in [4.69, 9.17) is 14.3 Å². The lowest BCUT2D eigenvalue weighted by Gasteiger charge is -2.37. The van der Waals surface area contributed by atoms with Crippen LogP contribution in [0.5, 0.6) is 0 Å². The zero-order valence-electron chi connectivity index (χ0n) is 18.5. The minimum absolute atomic E-state index is 0.0648. The van der Waals surface area contributed by atoms with Crippen LogP contribution in [-0.4, -0.2) is 48.3 Å². The van der Waals surface area contributed by atoms with Crippen molar-refractivity contribution in [2.24, 2.45) is 5.41 Å². The van der Waals surface area contributed by atoms with E-state index in [1.54, 1.807) is 0 Å². The molecule has 2 aliphatic rings. The van der Waals surface area contributed by atoms with E-state index >= 15 is 0 Å². The molecule has 1 aromatic heterocycles. The number of hydrogen-bond acceptors (Lipinski definition) is 5. The number of aromatic nitrogens is 1. The Bertz CT molecular complexity index is 748. The summed E-state index contributed by atoms with van der Waals surface area (Å²) in [5.41, 5.74) is 1.29. The van der Waals surface area contributed by atoms with Crippen molar-refractivity contribution < 1.29 is 9.31 Å². The van der Waals surface area contributed by atoms with Gasteiger partial charge in [0, 0.05) is 6.42 Å². The molecule has 4 nitrogen and oxygen atoms in total. The van der Waals surface area contributed by atoms with Crippen molar-refractivity contribution in [2.75, 3.05) is 20.1 Å². The molecule has 0 amide bonds. The minimum Gasteiger partial charge on any atom is -0.403 e. The van der Waals surface area contributed by atoms with Crippen molar-refractivity contribution in [3.05, 3.63) is 29.3 Å². The maximum Gasteiger partial charge on any atom is 0.454 e. The quantitative estimate of drug-likeness (QED) is 0.641. The molecule has 0 N–H and O–H groups in total. The van der Waals surface area contributed by atoms with Gasteiger partial charge in [0.05, 0.1) is 26.4 Å². The fourth-order valence-corrected chi connectivity index (χ4v) is 5.02. The van der Waals surface area contributed by atoms with Crippen molar-refractivity contribution in [3.63, 3.8) is 0 Å². The van der Waals surface area contributed by atoms with Gasteiger partial charge in [-0.15, -0.1) is 11.3 Å². The van der Waals surface area contributed by atoms with Crippen LogP contribution >= 0.6 is 11.3 Å². The number of thiazole rings is 1. The molecule has 3 heterocycles. The van der Waals surface area contributed by atoms with Crippen LogP contribution in [0, 0.1) is 5.41 Å². The van der Waals surface area contributed by atoms with Gasteiger partial charge in [0.25, 0.3) is 0 Å². The maximum atomic E-state index is 5.54. The summed E-state index contributed by atoms with van der Waals surface area (Å²) < 4.78 is 12.4. The monoisotopic (exact) mass is 402 g/mol. The molecule has 4 rings (SSSR count). The first kappa shape index (κ1) is 21.8. The maximum absolute atomic E-state index is 5.54. The van der Waals surface area contributed by atoms with Crippen LogP contribution in [-0.2, 0) is 15.7 Å². The van der Waals surface area contributed by atoms with Gasteiger partial charge in [-0.25, -0.2) is 4.98 Å². The molecule has 28 heavy (non-hydrogen) atoms. The van der Waals surface area contributed by atoms with Gasteiger partial charge < -0.3 is 14.2 Å². The van der Waals surface area contributed by atoms with Crippen LogP contribution in [0.15, 0.2) is 24.3 Å². The van der Waals surface area contributed by atoms with Gasteiger partial charge in [-0.3, -0.25) is 0 Å². The SMILES string of the molecule is CB1OC(C)(C)C(C)(C)O1.CN1CCC(C)(Cc2nc3ccccc3s2)CC1. The molecule has 2 aromatic rings. The summed E-state index contributed by atoms with van der Waals surface area (Å²) in [7, 11) is 2.15. The summed E-state index contributed by atoms with van der Waals surface area (Å²) in [6.45, 7) is 15.0. The Morgan fingerprint density at radius 1 is 1.04 bits per heavy atom. The van der Waals surface area contributed by atoms with E-state index in [1.807, 2.05) is 18.2 Å². The minimum atomic E-state index is -0.160. The number of fused-ring (bicyclic) bond motifs is 1. The van der Waals surface area contributed by atoms with Gasteiger partial charge in [0.2, 0.25) is 0 Å². The largest absolute Gasteiger partial charge is 0.454 e. The average Bonchev–Trinajstić information content (AvgIpc) is 3.06. The zero-order chi connectivity index (χ0) is 20.6. The van der Waals surface area contributed by atoms with Gasteiger partial charge >= 0.3 is 7.12 Å². The number of likely N-dealkylation sites (tertiary alicyclic amines) is 1. The molecule has 1 aromatic carbocycles. The molecule has 0 saturated carbocycles.